The summed E-state index contributed by atoms with van der Waals surface area (Å²) in [6.45, 7) is 3.77. The normalized spacial score (nSPS) is 21.5. The molecule has 6 heteroatoms. The molecule has 1 aliphatic heterocycles. The Bertz CT molecular complexity index is 615. The van der Waals surface area contributed by atoms with Crippen molar-refractivity contribution in [3.05, 3.63) is 23.5 Å². The molecule has 0 aromatic carbocycles. The SMILES string of the molecule is CN(CC1CC1)C[C@@H]1CN(C(=O)c2cc(C#N)cn2C)CCO1. The van der Waals surface area contributed by atoms with Gasteiger partial charge in [-0.1, -0.05) is 0 Å². The lowest BCUT2D eigenvalue weighted by Crippen LogP contribution is -2.49. The molecule has 0 bridgehead atoms. The Morgan fingerprint density at radius 1 is 1.48 bits per heavy atom. The van der Waals surface area contributed by atoms with Gasteiger partial charge in [-0.05, 0) is 31.9 Å². The molecule has 2 aliphatic rings. The molecule has 1 atom stereocenters. The Balaban J connectivity index is 1.59. The Kier molecular flexibility index (Phi) is 4.69. The zero-order valence-corrected chi connectivity index (χ0v) is 13.9. The molecule has 0 radical (unpaired) electrons. The van der Waals surface area contributed by atoms with Crippen LogP contribution in [-0.2, 0) is 11.8 Å². The van der Waals surface area contributed by atoms with Gasteiger partial charge in [-0.15, -0.1) is 0 Å². The summed E-state index contributed by atoms with van der Waals surface area (Å²) in [5, 5.41) is 8.97. The predicted octanol–water partition coefficient (Wildman–Crippen LogP) is 1.08. The maximum atomic E-state index is 12.7. The molecule has 124 valence electrons. The standard InChI is InChI=1S/C17H24N4O2/c1-19(9-13-3-4-13)11-15-12-21(5-6-23-15)17(22)16-7-14(8-18)10-20(16)2/h7,10,13,15H,3-6,9,11-12H2,1-2H3/t15-/m1/s1. The summed E-state index contributed by atoms with van der Waals surface area (Å²) in [5.74, 6) is 0.834. The molecule has 23 heavy (non-hydrogen) atoms. The molecule has 2 fully saturated rings. The van der Waals surface area contributed by atoms with Crippen molar-refractivity contribution in [1.82, 2.24) is 14.4 Å². The van der Waals surface area contributed by atoms with Crippen LogP contribution in [0.5, 0.6) is 0 Å². The number of carbonyl (C=O) groups excluding carboxylic acids is 1. The average Bonchev–Trinajstić information content (AvgIpc) is 3.26. The van der Waals surface area contributed by atoms with E-state index in [-0.39, 0.29) is 12.0 Å². The van der Waals surface area contributed by atoms with Crippen LogP contribution in [0.25, 0.3) is 0 Å². The van der Waals surface area contributed by atoms with Crippen molar-refractivity contribution in [1.29, 1.82) is 5.26 Å². The average molecular weight is 316 g/mol. The maximum absolute atomic E-state index is 12.7. The number of nitriles is 1. The molecule has 0 unspecified atom stereocenters. The molecule has 1 amide bonds. The van der Waals surface area contributed by atoms with Gasteiger partial charge in [-0.25, -0.2) is 0 Å². The van der Waals surface area contributed by atoms with E-state index >= 15 is 0 Å². The van der Waals surface area contributed by atoms with Crippen molar-refractivity contribution < 1.29 is 9.53 Å². The highest BCUT2D eigenvalue weighted by Crippen LogP contribution is 2.29. The fourth-order valence-corrected chi connectivity index (χ4v) is 3.18. The molecule has 6 nitrogen and oxygen atoms in total. The second kappa shape index (κ2) is 6.73. The number of amides is 1. The largest absolute Gasteiger partial charge is 0.373 e. The first-order valence-corrected chi connectivity index (χ1v) is 8.22. The molecule has 1 aromatic heterocycles. The summed E-state index contributed by atoms with van der Waals surface area (Å²) in [6.07, 6.45) is 4.44. The third-order valence-corrected chi connectivity index (χ3v) is 4.56. The Hall–Kier alpha value is -1.84. The summed E-state index contributed by atoms with van der Waals surface area (Å²) in [5.41, 5.74) is 1.08. The lowest BCUT2D eigenvalue weighted by Gasteiger charge is -2.35. The molecule has 3 rings (SSSR count). The van der Waals surface area contributed by atoms with Crippen LogP contribution >= 0.6 is 0 Å². The smallest absolute Gasteiger partial charge is 0.270 e. The van der Waals surface area contributed by atoms with Crippen LogP contribution in [0.4, 0.5) is 0 Å². The third-order valence-electron chi connectivity index (χ3n) is 4.56. The summed E-state index contributed by atoms with van der Waals surface area (Å²) in [4.78, 5) is 16.9. The van der Waals surface area contributed by atoms with Crippen molar-refractivity contribution in [2.24, 2.45) is 13.0 Å². The summed E-state index contributed by atoms with van der Waals surface area (Å²) in [6, 6.07) is 3.74. The number of hydrogen-bond donors (Lipinski definition) is 0. The lowest BCUT2D eigenvalue weighted by molar-refractivity contribution is -0.0336. The third kappa shape index (κ3) is 3.92. The van der Waals surface area contributed by atoms with Crippen LogP contribution in [0, 0.1) is 17.2 Å². The second-order valence-corrected chi connectivity index (χ2v) is 6.75. The number of likely N-dealkylation sites (N-methyl/N-ethyl adjacent to an activating group) is 1. The van der Waals surface area contributed by atoms with Crippen LogP contribution < -0.4 is 0 Å². The fraction of sp³-hybridized carbons (Fsp3) is 0.647. The number of rotatable bonds is 5. The van der Waals surface area contributed by atoms with E-state index in [0.29, 0.717) is 31.0 Å². The van der Waals surface area contributed by atoms with Gasteiger partial charge in [0.05, 0.1) is 18.3 Å². The van der Waals surface area contributed by atoms with Gasteiger partial charge in [0.2, 0.25) is 0 Å². The van der Waals surface area contributed by atoms with Crippen LogP contribution in [0.2, 0.25) is 0 Å². The molecule has 1 saturated heterocycles. The van der Waals surface area contributed by atoms with Crippen molar-refractivity contribution in [2.45, 2.75) is 18.9 Å². The van der Waals surface area contributed by atoms with Crippen molar-refractivity contribution in [2.75, 3.05) is 39.8 Å². The molecule has 0 spiro atoms. The first-order chi connectivity index (χ1) is 11.1. The topological polar surface area (TPSA) is 61.5 Å². The lowest BCUT2D eigenvalue weighted by atomic mass is 10.2. The van der Waals surface area contributed by atoms with Crippen LogP contribution in [-0.4, -0.2) is 66.2 Å². The molecule has 2 heterocycles. The monoisotopic (exact) mass is 316 g/mol. The predicted molar refractivity (Wildman–Crippen MR) is 86.0 cm³/mol. The Morgan fingerprint density at radius 3 is 2.91 bits per heavy atom. The highest BCUT2D eigenvalue weighted by Gasteiger charge is 2.29. The van der Waals surface area contributed by atoms with E-state index in [1.165, 1.54) is 12.8 Å². The van der Waals surface area contributed by atoms with Gasteiger partial charge >= 0.3 is 0 Å². The van der Waals surface area contributed by atoms with Crippen molar-refractivity contribution in [3.8, 4) is 6.07 Å². The zero-order valence-electron chi connectivity index (χ0n) is 13.9. The number of morpholine rings is 1. The number of nitrogens with zero attached hydrogens (tertiary/aromatic N) is 4. The van der Waals surface area contributed by atoms with Crippen molar-refractivity contribution >= 4 is 5.91 Å². The van der Waals surface area contributed by atoms with Gasteiger partial charge in [0.15, 0.2) is 0 Å². The quantitative estimate of drug-likeness (QED) is 0.815. The van der Waals surface area contributed by atoms with E-state index < -0.39 is 0 Å². The minimum atomic E-state index is -0.0212. The van der Waals surface area contributed by atoms with Crippen LogP contribution in [0.3, 0.4) is 0 Å². The molecular weight excluding hydrogens is 292 g/mol. The van der Waals surface area contributed by atoms with Crippen molar-refractivity contribution in [3.63, 3.8) is 0 Å². The van der Waals surface area contributed by atoms with Gasteiger partial charge in [0.25, 0.3) is 5.91 Å². The van der Waals surface area contributed by atoms with Gasteiger partial charge in [0, 0.05) is 39.4 Å². The minimum Gasteiger partial charge on any atom is -0.373 e. The van der Waals surface area contributed by atoms with Crippen LogP contribution in [0.15, 0.2) is 12.3 Å². The Labute approximate surface area is 137 Å². The van der Waals surface area contributed by atoms with Gasteiger partial charge < -0.3 is 19.1 Å². The van der Waals surface area contributed by atoms with Gasteiger partial charge in [-0.2, -0.15) is 5.26 Å². The number of aromatic nitrogens is 1. The van der Waals surface area contributed by atoms with Gasteiger partial charge in [-0.3, -0.25) is 4.79 Å². The highest BCUT2D eigenvalue weighted by atomic mass is 16.5. The second-order valence-electron chi connectivity index (χ2n) is 6.75. The van der Waals surface area contributed by atoms with E-state index in [9.17, 15) is 4.79 Å². The summed E-state index contributed by atoms with van der Waals surface area (Å²) in [7, 11) is 3.92. The molecule has 1 saturated carbocycles. The number of aryl methyl sites for hydroxylation is 1. The molecular formula is C17H24N4O2. The maximum Gasteiger partial charge on any atom is 0.270 e. The van der Waals surface area contributed by atoms with E-state index in [1.807, 2.05) is 4.90 Å². The van der Waals surface area contributed by atoms with E-state index in [4.69, 9.17) is 10.00 Å². The van der Waals surface area contributed by atoms with E-state index in [2.05, 4.69) is 18.0 Å². The molecule has 1 aliphatic carbocycles. The highest BCUT2D eigenvalue weighted by molar-refractivity contribution is 5.93. The summed E-state index contributed by atoms with van der Waals surface area (Å²) < 4.78 is 7.56. The van der Waals surface area contributed by atoms with Crippen LogP contribution in [0.1, 0.15) is 28.9 Å². The summed E-state index contributed by atoms with van der Waals surface area (Å²) >= 11 is 0. The first-order valence-electron chi connectivity index (χ1n) is 8.22. The minimum absolute atomic E-state index is 0.0212. The van der Waals surface area contributed by atoms with E-state index in [0.717, 1.165) is 19.0 Å². The molecule has 0 N–H and O–H groups in total. The number of hydrogen-bond acceptors (Lipinski definition) is 4. The van der Waals surface area contributed by atoms with Gasteiger partial charge in [0.1, 0.15) is 11.8 Å². The zero-order chi connectivity index (χ0) is 16.4. The Morgan fingerprint density at radius 2 is 2.26 bits per heavy atom. The van der Waals surface area contributed by atoms with E-state index in [1.54, 1.807) is 23.9 Å². The molecule has 1 aromatic rings. The fourth-order valence-electron chi connectivity index (χ4n) is 3.18. The number of carbonyl (C=O) groups is 1. The first kappa shape index (κ1) is 16.0. The number of ether oxygens (including phenoxy) is 1.